The lowest BCUT2D eigenvalue weighted by molar-refractivity contribution is -0.119. The Hall–Kier alpha value is -2.12. The lowest BCUT2D eigenvalue weighted by Crippen LogP contribution is -2.50. The molecule has 5 N–H and O–H groups in total. The number of benzene rings is 1. The summed E-state index contributed by atoms with van der Waals surface area (Å²) in [6.07, 6.45) is 1.95. The molecule has 1 heterocycles. The number of hydrogen-bond acceptors (Lipinski definition) is 4. The summed E-state index contributed by atoms with van der Waals surface area (Å²) >= 11 is 0. The van der Waals surface area contributed by atoms with Gasteiger partial charge in [-0.25, -0.2) is 0 Å². The van der Waals surface area contributed by atoms with Crippen molar-refractivity contribution >= 4 is 11.9 Å². The van der Waals surface area contributed by atoms with Gasteiger partial charge in [-0.2, -0.15) is 0 Å². The minimum atomic E-state index is -0.259. The van der Waals surface area contributed by atoms with Gasteiger partial charge in [-0.3, -0.25) is 14.7 Å². The van der Waals surface area contributed by atoms with Crippen LogP contribution in [0.3, 0.4) is 0 Å². The molecule has 1 fully saturated rings. The number of aliphatic imine (C=N–C) groups is 1. The van der Waals surface area contributed by atoms with E-state index in [1.807, 2.05) is 6.07 Å². The average Bonchev–Trinajstić information content (AvgIpc) is 2.68. The van der Waals surface area contributed by atoms with E-state index in [1.165, 1.54) is 5.56 Å². The van der Waals surface area contributed by atoms with Crippen LogP contribution in [0.25, 0.3) is 0 Å². The first kappa shape index (κ1) is 23.2. The molecule has 0 saturated carbocycles. The maximum Gasteiger partial charge on any atom is 0.231 e. The second kappa shape index (κ2) is 11.2. The van der Waals surface area contributed by atoms with E-state index in [2.05, 4.69) is 72.8 Å². The number of nitrogens with one attached hydrogen (secondary N) is 3. The van der Waals surface area contributed by atoms with E-state index in [-0.39, 0.29) is 17.5 Å². The topological polar surface area (TPSA) is 94.8 Å². The van der Waals surface area contributed by atoms with Crippen molar-refractivity contribution in [2.75, 3.05) is 32.7 Å². The Kier molecular flexibility index (Phi) is 8.92. The third-order valence-electron chi connectivity index (χ3n) is 5.19. The van der Waals surface area contributed by atoms with E-state index < -0.39 is 0 Å². The fraction of sp³-hybridized carbons (Fsp3) is 0.636. The molecule has 1 aromatic rings. The van der Waals surface area contributed by atoms with Crippen LogP contribution in [0.1, 0.15) is 52.1 Å². The van der Waals surface area contributed by atoms with Crippen molar-refractivity contribution in [1.82, 2.24) is 20.9 Å². The molecule has 1 saturated heterocycles. The molecule has 0 radical (unpaired) electrons. The number of primary amides is 1. The van der Waals surface area contributed by atoms with Crippen molar-refractivity contribution in [2.45, 2.75) is 58.2 Å². The highest BCUT2D eigenvalue weighted by Gasteiger charge is 2.23. The summed E-state index contributed by atoms with van der Waals surface area (Å²) in [6, 6.07) is 11.1. The first-order valence-corrected chi connectivity index (χ1v) is 10.7. The molecule has 0 aliphatic carbocycles. The van der Waals surface area contributed by atoms with E-state index in [1.54, 1.807) is 0 Å². The van der Waals surface area contributed by atoms with Crippen LogP contribution in [0.2, 0.25) is 0 Å². The highest BCUT2D eigenvalue weighted by molar-refractivity contribution is 5.80. The number of hydrogen-bond donors (Lipinski definition) is 4. The zero-order valence-corrected chi connectivity index (χ0v) is 18.4. The lowest BCUT2D eigenvalue weighted by atomic mass is 10.0. The quantitative estimate of drug-likeness (QED) is 0.372. The standard InChI is InChI=1S/C22H38N6O/c1-5-24-21(26-19-11-13-28(14-12-19)15-20(23)29)25-16-22(3,4)27-17(2)18-9-7-6-8-10-18/h6-10,17,19,27H,5,11-16H2,1-4H3,(H2,23,29)(H2,24,25,26). The molecule has 162 valence electrons. The van der Waals surface area contributed by atoms with Crippen molar-refractivity contribution in [3.63, 3.8) is 0 Å². The van der Waals surface area contributed by atoms with Gasteiger partial charge in [-0.05, 0) is 46.1 Å². The highest BCUT2D eigenvalue weighted by Crippen LogP contribution is 2.16. The molecule has 1 amide bonds. The minimum Gasteiger partial charge on any atom is -0.369 e. The van der Waals surface area contributed by atoms with Gasteiger partial charge in [0.1, 0.15) is 0 Å². The average molecular weight is 403 g/mol. The summed E-state index contributed by atoms with van der Waals surface area (Å²) in [4.78, 5) is 18.0. The lowest BCUT2D eigenvalue weighted by Gasteiger charge is -2.33. The van der Waals surface area contributed by atoms with Gasteiger partial charge in [0.15, 0.2) is 5.96 Å². The monoisotopic (exact) mass is 402 g/mol. The van der Waals surface area contributed by atoms with E-state index in [0.717, 1.165) is 38.4 Å². The second-order valence-electron chi connectivity index (χ2n) is 8.52. The fourth-order valence-corrected chi connectivity index (χ4v) is 3.70. The summed E-state index contributed by atoms with van der Waals surface area (Å²) in [5, 5.41) is 10.6. The Morgan fingerprint density at radius 3 is 2.52 bits per heavy atom. The third-order valence-corrected chi connectivity index (χ3v) is 5.19. The molecule has 29 heavy (non-hydrogen) atoms. The van der Waals surface area contributed by atoms with Crippen LogP contribution in [0.4, 0.5) is 0 Å². The number of nitrogens with zero attached hydrogens (tertiary/aromatic N) is 2. The molecule has 1 unspecified atom stereocenters. The molecule has 1 aromatic carbocycles. The van der Waals surface area contributed by atoms with Gasteiger partial charge in [0.25, 0.3) is 0 Å². The van der Waals surface area contributed by atoms with Crippen LogP contribution in [0.15, 0.2) is 35.3 Å². The fourth-order valence-electron chi connectivity index (χ4n) is 3.70. The third kappa shape index (κ3) is 8.41. The molecule has 0 bridgehead atoms. The van der Waals surface area contributed by atoms with Crippen LogP contribution < -0.4 is 21.7 Å². The van der Waals surface area contributed by atoms with Crippen LogP contribution in [0, 0.1) is 0 Å². The molecule has 7 heteroatoms. The molecule has 1 aliphatic heterocycles. The molecule has 0 spiro atoms. The second-order valence-corrected chi connectivity index (χ2v) is 8.52. The summed E-state index contributed by atoms with van der Waals surface area (Å²) in [7, 11) is 0. The number of carbonyl (C=O) groups is 1. The summed E-state index contributed by atoms with van der Waals surface area (Å²) < 4.78 is 0. The first-order chi connectivity index (χ1) is 13.8. The van der Waals surface area contributed by atoms with Gasteiger partial charge in [-0.15, -0.1) is 0 Å². The van der Waals surface area contributed by atoms with Gasteiger partial charge >= 0.3 is 0 Å². The number of carbonyl (C=O) groups excluding carboxylic acids is 1. The van der Waals surface area contributed by atoms with E-state index in [9.17, 15) is 4.79 Å². The number of guanidine groups is 1. The molecule has 2 rings (SSSR count). The van der Waals surface area contributed by atoms with Crippen molar-refractivity contribution in [1.29, 1.82) is 0 Å². The number of likely N-dealkylation sites (tertiary alicyclic amines) is 1. The van der Waals surface area contributed by atoms with Gasteiger partial charge in [0.2, 0.25) is 5.91 Å². The van der Waals surface area contributed by atoms with E-state index >= 15 is 0 Å². The Labute approximate surface area is 175 Å². The molecule has 0 aromatic heterocycles. The minimum absolute atomic E-state index is 0.136. The first-order valence-electron chi connectivity index (χ1n) is 10.7. The van der Waals surface area contributed by atoms with Crippen LogP contribution >= 0.6 is 0 Å². The zero-order chi connectivity index (χ0) is 21.3. The van der Waals surface area contributed by atoms with Crippen LogP contribution in [0.5, 0.6) is 0 Å². The molecule has 7 nitrogen and oxygen atoms in total. The van der Waals surface area contributed by atoms with Gasteiger partial charge < -0.3 is 21.7 Å². The normalized spacial score (nSPS) is 17.7. The SMILES string of the molecule is CCNC(=NCC(C)(C)NC(C)c1ccccc1)NC1CCN(CC(N)=O)CC1. The smallest absolute Gasteiger partial charge is 0.231 e. The predicted octanol–water partition coefficient (Wildman–Crippen LogP) is 1.62. The van der Waals surface area contributed by atoms with Gasteiger partial charge in [-0.1, -0.05) is 30.3 Å². The Balaban J connectivity index is 1.88. The molecular formula is C22H38N6O. The molecular weight excluding hydrogens is 364 g/mol. The van der Waals surface area contributed by atoms with Gasteiger partial charge in [0, 0.05) is 37.3 Å². The summed E-state index contributed by atoms with van der Waals surface area (Å²) in [5.41, 5.74) is 6.44. The van der Waals surface area contributed by atoms with Crippen molar-refractivity contribution in [3.8, 4) is 0 Å². The maximum absolute atomic E-state index is 11.1. The van der Waals surface area contributed by atoms with Crippen molar-refractivity contribution in [2.24, 2.45) is 10.7 Å². The van der Waals surface area contributed by atoms with E-state index in [4.69, 9.17) is 10.7 Å². The number of nitrogens with two attached hydrogens (primary N) is 1. The molecule has 1 atom stereocenters. The number of amides is 1. The Morgan fingerprint density at radius 2 is 1.93 bits per heavy atom. The zero-order valence-electron chi connectivity index (χ0n) is 18.4. The largest absolute Gasteiger partial charge is 0.369 e. The van der Waals surface area contributed by atoms with Crippen molar-refractivity contribution in [3.05, 3.63) is 35.9 Å². The number of piperidine rings is 1. The predicted molar refractivity (Wildman–Crippen MR) is 120 cm³/mol. The Morgan fingerprint density at radius 1 is 1.28 bits per heavy atom. The maximum atomic E-state index is 11.1. The van der Waals surface area contributed by atoms with Crippen molar-refractivity contribution < 1.29 is 4.79 Å². The van der Waals surface area contributed by atoms with Crippen LogP contribution in [-0.4, -0.2) is 61.1 Å². The van der Waals surface area contributed by atoms with Gasteiger partial charge in [0.05, 0.1) is 13.1 Å². The molecule has 1 aliphatic rings. The van der Waals surface area contributed by atoms with Crippen LogP contribution in [-0.2, 0) is 4.79 Å². The van der Waals surface area contributed by atoms with E-state index in [0.29, 0.717) is 19.1 Å². The summed E-state index contributed by atoms with van der Waals surface area (Å²) in [5.74, 6) is 0.592. The number of rotatable bonds is 9. The summed E-state index contributed by atoms with van der Waals surface area (Å²) in [6.45, 7) is 12.2. The highest BCUT2D eigenvalue weighted by atomic mass is 16.1. The Bertz CT molecular complexity index is 653.